The lowest BCUT2D eigenvalue weighted by Gasteiger charge is -1.95. The Balaban J connectivity index is 2.04. The lowest BCUT2D eigenvalue weighted by atomic mass is 10.1. The van der Waals surface area contributed by atoms with Gasteiger partial charge in [0.25, 0.3) is 0 Å². The van der Waals surface area contributed by atoms with E-state index in [-0.39, 0.29) is 5.82 Å². The number of benzene rings is 1. The molecular formula is C12H10FN3O. The van der Waals surface area contributed by atoms with E-state index in [2.05, 4.69) is 10.1 Å². The fourth-order valence-corrected chi connectivity index (χ4v) is 1.46. The summed E-state index contributed by atoms with van der Waals surface area (Å²) >= 11 is 0. The lowest BCUT2D eigenvalue weighted by molar-refractivity contribution is 0.374. The zero-order valence-electron chi connectivity index (χ0n) is 9.06. The molecule has 0 radical (unpaired) electrons. The molecule has 5 heteroatoms. The van der Waals surface area contributed by atoms with Crippen LogP contribution in [0.4, 0.5) is 4.39 Å². The molecule has 0 aliphatic heterocycles. The molecule has 0 aliphatic rings. The third-order valence-corrected chi connectivity index (χ3v) is 2.21. The Hall–Kier alpha value is -2.22. The van der Waals surface area contributed by atoms with Gasteiger partial charge in [0.2, 0.25) is 5.89 Å². The molecule has 1 aromatic carbocycles. The summed E-state index contributed by atoms with van der Waals surface area (Å²) in [5, 5.41) is 12.2. The Morgan fingerprint density at radius 3 is 3.06 bits per heavy atom. The third kappa shape index (κ3) is 3.11. The van der Waals surface area contributed by atoms with Crippen LogP contribution in [0.1, 0.15) is 23.7 Å². The summed E-state index contributed by atoms with van der Waals surface area (Å²) in [6.07, 6.45) is 1.22. The van der Waals surface area contributed by atoms with Crippen LogP contribution in [0.3, 0.4) is 0 Å². The summed E-state index contributed by atoms with van der Waals surface area (Å²) in [6, 6.07) is 8.27. The van der Waals surface area contributed by atoms with Crippen molar-refractivity contribution in [2.45, 2.75) is 19.3 Å². The van der Waals surface area contributed by atoms with Crippen molar-refractivity contribution in [2.24, 2.45) is 0 Å². The Morgan fingerprint density at radius 1 is 1.41 bits per heavy atom. The van der Waals surface area contributed by atoms with Gasteiger partial charge in [-0.2, -0.15) is 10.2 Å². The quantitative estimate of drug-likeness (QED) is 0.809. The van der Waals surface area contributed by atoms with Crippen molar-refractivity contribution in [3.63, 3.8) is 0 Å². The maximum absolute atomic E-state index is 12.9. The molecule has 1 heterocycles. The van der Waals surface area contributed by atoms with Crippen LogP contribution in [0.25, 0.3) is 0 Å². The summed E-state index contributed by atoms with van der Waals surface area (Å²) in [5.41, 5.74) is 0.789. The molecule has 0 fully saturated rings. The van der Waals surface area contributed by atoms with Crippen LogP contribution in [0.5, 0.6) is 0 Å². The Kier molecular flexibility index (Phi) is 3.46. The van der Waals surface area contributed by atoms with E-state index in [1.165, 1.54) is 12.1 Å². The average Bonchev–Trinajstić information content (AvgIpc) is 2.74. The number of aryl methyl sites for hydroxylation is 1. The summed E-state index contributed by atoms with van der Waals surface area (Å²) in [5.74, 6) is 0.664. The molecule has 0 N–H and O–H groups in total. The molecule has 4 nitrogen and oxygen atoms in total. The second kappa shape index (κ2) is 5.21. The second-order valence-electron chi connectivity index (χ2n) is 3.57. The minimum absolute atomic E-state index is 0.282. The summed E-state index contributed by atoms with van der Waals surface area (Å²) in [7, 11) is 0. The highest BCUT2D eigenvalue weighted by Crippen LogP contribution is 2.09. The van der Waals surface area contributed by atoms with Gasteiger partial charge in [-0.1, -0.05) is 17.3 Å². The predicted molar refractivity (Wildman–Crippen MR) is 57.4 cm³/mol. The van der Waals surface area contributed by atoms with Gasteiger partial charge in [-0.05, 0) is 17.7 Å². The van der Waals surface area contributed by atoms with E-state index < -0.39 is 0 Å². The van der Waals surface area contributed by atoms with Crippen molar-refractivity contribution in [2.75, 3.05) is 0 Å². The maximum Gasteiger partial charge on any atom is 0.227 e. The van der Waals surface area contributed by atoms with Crippen LogP contribution in [0, 0.1) is 17.1 Å². The summed E-state index contributed by atoms with van der Waals surface area (Å²) in [6.45, 7) is 0. The molecule has 0 saturated heterocycles. The van der Waals surface area contributed by atoms with Gasteiger partial charge in [-0.25, -0.2) is 4.39 Å². The molecule has 0 aliphatic carbocycles. The van der Waals surface area contributed by atoms with Gasteiger partial charge in [0.15, 0.2) is 5.82 Å². The van der Waals surface area contributed by atoms with Crippen LogP contribution < -0.4 is 0 Å². The molecule has 0 saturated carbocycles. The predicted octanol–water partition coefficient (Wildman–Crippen LogP) is 2.26. The molecule has 17 heavy (non-hydrogen) atoms. The van der Waals surface area contributed by atoms with Gasteiger partial charge in [-0.15, -0.1) is 0 Å². The van der Waals surface area contributed by atoms with Crippen molar-refractivity contribution in [1.82, 2.24) is 10.1 Å². The van der Waals surface area contributed by atoms with Crippen LogP contribution in [0.2, 0.25) is 0 Å². The van der Waals surface area contributed by atoms with Crippen LogP contribution >= 0.6 is 0 Å². The van der Waals surface area contributed by atoms with Crippen molar-refractivity contribution >= 4 is 0 Å². The Morgan fingerprint density at radius 2 is 2.29 bits per heavy atom. The summed E-state index contributed by atoms with van der Waals surface area (Å²) in [4.78, 5) is 4.12. The standard InChI is InChI=1S/C12H10FN3O/c13-10-4-1-3-9(7-10)8-11-15-12(17-16-11)5-2-6-14/h1,3-4,7H,2,5,8H2. The number of rotatable bonds is 4. The molecule has 0 bridgehead atoms. The molecule has 0 amide bonds. The van der Waals surface area contributed by atoms with Gasteiger partial charge in [0, 0.05) is 19.3 Å². The first kappa shape index (κ1) is 11.3. The van der Waals surface area contributed by atoms with Crippen LogP contribution in [-0.2, 0) is 12.8 Å². The van der Waals surface area contributed by atoms with Crippen LogP contribution in [0.15, 0.2) is 28.8 Å². The van der Waals surface area contributed by atoms with E-state index in [4.69, 9.17) is 9.78 Å². The minimum atomic E-state index is -0.282. The van der Waals surface area contributed by atoms with E-state index in [1.807, 2.05) is 6.07 Å². The first-order valence-corrected chi connectivity index (χ1v) is 5.21. The number of hydrogen-bond donors (Lipinski definition) is 0. The highest BCUT2D eigenvalue weighted by molar-refractivity contribution is 5.19. The Labute approximate surface area is 97.7 Å². The Bertz CT molecular complexity index is 545. The number of hydrogen-bond acceptors (Lipinski definition) is 4. The van der Waals surface area contributed by atoms with E-state index in [0.29, 0.717) is 31.0 Å². The first-order chi connectivity index (χ1) is 8.28. The molecule has 86 valence electrons. The van der Waals surface area contributed by atoms with E-state index in [1.54, 1.807) is 12.1 Å². The molecule has 2 aromatic rings. The zero-order chi connectivity index (χ0) is 12.1. The molecule has 0 spiro atoms. The van der Waals surface area contributed by atoms with Gasteiger partial charge < -0.3 is 4.52 Å². The topological polar surface area (TPSA) is 62.7 Å². The number of nitriles is 1. The maximum atomic E-state index is 12.9. The fraction of sp³-hybridized carbons (Fsp3) is 0.250. The molecule has 1 aromatic heterocycles. The second-order valence-corrected chi connectivity index (χ2v) is 3.57. The monoisotopic (exact) mass is 231 g/mol. The smallest absolute Gasteiger partial charge is 0.227 e. The fourth-order valence-electron chi connectivity index (χ4n) is 1.46. The summed E-state index contributed by atoms with van der Waals surface area (Å²) < 4.78 is 17.9. The van der Waals surface area contributed by atoms with Gasteiger partial charge >= 0.3 is 0 Å². The third-order valence-electron chi connectivity index (χ3n) is 2.21. The van der Waals surface area contributed by atoms with Crippen LogP contribution in [-0.4, -0.2) is 10.1 Å². The number of halogens is 1. The molecule has 0 unspecified atom stereocenters. The molecule has 2 rings (SSSR count). The average molecular weight is 231 g/mol. The zero-order valence-corrected chi connectivity index (χ0v) is 9.06. The van der Waals surface area contributed by atoms with Gasteiger partial charge in [0.1, 0.15) is 5.82 Å². The SMILES string of the molecule is N#CCCc1nc(Cc2cccc(F)c2)no1. The number of nitrogens with zero attached hydrogens (tertiary/aromatic N) is 3. The van der Waals surface area contributed by atoms with Gasteiger partial charge in [0.05, 0.1) is 6.07 Å². The number of aromatic nitrogens is 2. The largest absolute Gasteiger partial charge is 0.339 e. The van der Waals surface area contributed by atoms with Crippen molar-refractivity contribution in [3.8, 4) is 6.07 Å². The van der Waals surface area contributed by atoms with E-state index in [9.17, 15) is 4.39 Å². The lowest BCUT2D eigenvalue weighted by Crippen LogP contribution is -1.92. The van der Waals surface area contributed by atoms with E-state index >= 15 is 0 Å². The van der Waals surface area contributed by atoms with Gasteiger partial charge in [-0.3, -0.25) is 0 Å². The minimum Gasteiger partial charge on any atom is -0.339 e. The normalized spacial score (nSPS) is 10.1. The first-order valence-electron chi connectivity index (χ1n) is 5.21. The van der Waals surface area contributed by atoms with Crippen molar-refractivity contribution in [1.29, 1.82) is 5.26 Å². The molecule has 0 atom stereocenters. The van der Waals surface area contributed by atoms with Crippen molar-refractivity contribution < 1.29 is 8.91 Å². The highest BCUT2D eigenvalue weighted by Gasteiger charge is 2.07. The van der Waals surface area contributed by atoms with Crippen molar-refractivity contribution in [3.05, 3.63) is 47.4 Å². The highest BCUT2D eigenvalue weighted by atomic mass is 19.1. The molecular weight excluding hydrogens is 221 g/mol. The van der Waals surface area contributed by atoms with E-state index in [0.717, 1.165) is 5.56 Å².